The number of carboxylic acids is 1. The highest BCUT2D eigenvalue weighted by atomic mass is 16.5. The quantitative estimate of drug-likeness (QED) is 0.505. The highest BCUT2D eigenvalue weighted by molar-refractivity contribution is 5.80. The normalized spacial score (nSPS) is 18.4. The third kappa shape index (κ3) is 5.56. The van der Waals surface area contributed by atoms with Gasteiger partial charge in [-0.05, 0) is 55.2 Å². The van der Waals surface area contributed by atoms with Gasteiger partial charge >= 0.3 is 5.97 Å². The van der Waals surface area contributed by atoms with Crippen LogP contribution in [0, 0.1) is 11.8 Å². The summed E-state index contributed by atoms with van der Waals surface area (Å²) in [4.78, 5) is 10.6. The molecular formula is C26H30N2O4. The van der Waals surface area contributed by atoms with Gasteiger partial charge in [0.25, 0.3) is 0 Å². The van der Waals surface area contributed by atoms with Gasteiger partial charge in [-0.1, -0.05) is 42.5 Å². The van der Waals surface area contributed by atoms with Crippen molar-refractivity contribution in [2.75, 3.05) is 20.3 Å². The summed E-state index contributed by atoms with van der Waals surface area (Å²) >= 11 is 0. The molecule has 1 aliphatic carbocycles. The van der Waals surface area contributed by atoms with Gasteiger partial charge in [-0.15, -0.1) is 0 Å². The summed E-state index contributed by atoms with van der Waals surface area (Å²) in [5.41, 5.74) is 4.34. The van der Waals surface area contributed by atoms with Crippen molar-refractivity contribution in [2.24, 2.45) is 11.8 Å². The van der Waals surface area contributed by atoms with Gasteiger partial charge in [-0.3, -0.25) is 4.68 Å². The zero-order chi connectivity index (χ0) is 22.3. The van der Waals surface area contributed by atoms with Crippen LogP contribution in [-0.2, 0) is 16.1 Å². The van der Waals surface area contributed by atoms with Crippen molar-refractivity contribution >= 4 is 5.97 Å². The first-order valence-electron chi connectivity index (χ1n) is 11.2. The van der Waals surface area contributed by atoms with Crippen LogP contribution < -0.4 is 4.74 Å². The predicted octanol–water partition coefficient (Wildman–Crippen LogP) is 5.13. The largest absolute Gasteiger partial charge is 0.497 e. The van der Waals surface area contributed by atoms with Gasteiger partial charge in [0.05, 0.1) is 13.7 Å². The number of carbonyl (C=O) groups is 1. The molecule has 32 heavy (non-hydrogen) atoms. The van der Waals surface area contributed by atoms with Gasteiger partial charge in [0, 0.05) is 23.9 Å². The highest BCUT2D eigenvalue weighted by Gasteiger charge is 2.23. The first-order chi connectivity index (χ1) is 15.6. The summed E-state index contributed by atoms with van der Waals surface area (Å²) in [5, 5.41) is 13.7. The molecule has 0 bridgehead atoms. The fourth-order valence-corrected chi connectivity index (χ4v) is 4.46. The molecule has 1 heterocycles. The molecule has 0 saturated heterocycles. The van der Waals surface area contributed by atoms with Crippen LogP contribution in [0.4, 0.5) is 0 Å². The summed E-state index contributed by atoms with van der Waals surface area (Å²) in [6, 6.07) is 18.4. The van der Waals surface area contributed by atoms with Crippen LogP contribution in [-0.4, -0.2) is 41.2 Å². The van der Waals surface area contributed by atoms with E-state index in [1.165, 1.54) is 0 Å². The molecule has 6 heteroatoms. The van der Waals surface area contributed by atoms with E-state index < -0.39 is 5.97 Å². The lowest BCUT2D eigenvalue weighted by Crippen LogP contribution is -2.23. The third-order valence-electron chi connectivity index (χ3n) is 6.20. The van der Waals surface area contributed by atoms with Gasteiger partial charge < -0.3 is 14.6 Å². The van der Waals surface area contributed by atoms with Crippen molar-refractivity contribution in [2.45, 2.75) is 32.2 Å². The first kappa shape index (κ1) is 22.1. The topological polar surface area (TPSA) is 73.6 Å². The molecule has 1 N–H and O–H groups in total. The minimum atomic E-state index is -0.903. The second kappa shape index (κ2) is 10.5. The van der Waals surface area contributed by atoms with E-state index in [9.17, 15) is 4.79 Å². The lowest BCUT2D eigenvalue weighted by Gasteiger charge is -2.28. The van der Waals surface area contributed by atoms with Crippen LogP contribution in [0.25, 0.3) is 22.4 Å². The number of aliphatic carboxylic acids is 1. The van der Waals surface area contributed by atoms with E-state index in [0.29, 0.717) is 18.4 Å². The van der Waals surface area contributed by atoms with E-state index in [2.05, 4.69) is 35.1 Å². The average Bonchev–Trinajstić information content (AvgIpc) is 3.24. The Hall–Kier alpha value is -3.12. The molecule has 6 nitrogen and oxygen atoms in total. The van der Waals surface area contributed by atoms with E-state index in [-0.39, 0.29) is 6.61 Å². The molecule has 168 valence electrons. The standard InChI is InChI=1S/C26H30N2O4/c1-31-23-13-11-21(12-14-23)24-16-28(27-26(24)22-5-3-2-4-6-22)15-19-7-9-20(10-8-19)17-32-18-25(29)30/h2-6,11-14,16,19-20H,7-10,15,17-18H2,1H3,(H,29,30)/t19-,20-. The second-order valence-electron chi connectivity index (χ2n) is 8.50. The molecule has 1 aromatic heterocycles. The van der Waals surface area contributed by atoms with Gasteiger partial charge in [-0.2, -0.15) is 5.10 Å². The molecule has 3 aromatic rings. The van der Waals surface area contributed by atoms with Crippen molar-refractivity contribution in [3.63, 3.8) is 0 Å². The Morgan fingerprint density at radius 3 is 2.34 bits per heavy atom. The maximum absolute atomic E-state index is 10.6. The molecule has 0 spiro atoms. The number of nitrogens with zero attached hydrogens (tertiary/aromatic N) is 2. The average molecular weight is 435 g/mol. The predicted molar refractivity (Wildman–Crippen MR) is 124 cm³/mol. The molecule has 0 atom stereocenters. The number of rotatable bonds is 9. The number of benzene rings is 2. The van der Waals surface area contributed by atoms with E-state index in [4.69, 9.17) is 19.7 Å². The van der Waals surface area contributed by atoms with Crippen molar-refractivity contribution in [1.82, 2.24) is 9.78 Å². The molecule has 0 amide bonds. The van der Waals surface area contributed by atoms with Gasteiger partial charge in [0.1, 0.15) is 18.1 Å². The second-order valence-corrected chi connectivity index (χ2v) is 8.50. The van der Waals surface area contributed by atoms with Crippen molar-refractivity contribution in [3.05, 3.63) is 60.8 Å². The number of hydrogen-bond acceptors (Lipinski definition) is 4. The lowest BCUT2D eigenvalue weighted by molar-refractivity contribution is -0.142. The van der Waals surface area contributed by atoms with Crippen LogP contribution in [0.15, 0.2) is 60.8 Å². The molecule has 0 aliphatic heterocycles. The number of aromatic nitrogens is 2. The van der Waals surface area contributed by atoms with Crippen molar-refractivity contribution in [3.8, 4) is 28.1 Å². The summed E-state index contributed by atoms with van der Waals surface area (Å²) in [7, 11) is 1.68. The third-order valence-corrected chi connectivity index (χ3v) is 6.20. The zero-order valence-electron chi connectivity index (χ0n) is 18.4. The van der Waals surface area contributed by atoms with Crippen molar-refractivity contribution < 1.29 is 19.4 Å². The zero-order valence-corrected chi connectivity index (χ0v) is 18.4. The Labute approximate surface area is 188 Å². The lowest BCUT2D eigenvalue weighted by atomic mass is 9.82. The van der Waals surface area contributed by atoms with E-state index >= 15 is 0 Å². The maximum atomic E-state index is 10.6. The van der Waals surface area contributed by atoms with Gasteiger partial charge in [0.15, 0.2) is 0 Å². The molecule has 1 fully saturated rings. The Morgan fingerprint density at radius 2 is 1.69 bits per heavy atom. The smallest absolute Gasteiger partial charge is 0.329 e. The Bertz CT molecular complexity index is 1010. The Morgan fingerprint density at radius 1 is 1.00 bits per heavy atom. The summed E-state index contributed by atoms with van der Waals surface area (Å²) in [6.07, 6.45) is 6.52. The van der Waals surface area contributed by atoms with Crippen LogP contribution in [0.5, 0.6) is 5.75 Å². The minimum absolute atomic E-state index is 0.205. The van der Waals surface area contributed by atoms with E-state index in [1.54, 1.807) is 7.11 Å². The molecule has 2 aromatic carbocycles. The molecule has 0 radical (unpaired) electrons. The van der Waals surface area contributed by atoms with E-state index in [1.807, 2.05) is 30.3 Å². The fraction of sp³-hybridized carbons (Fsp3) is 0.385. The van der Waals surface area contributed by atoms with Gasteiger partial charge in [-0.25, -0.2) is 4.79 Å². The van der Waals surface area contributed by atoms with Crippen LogP contribution >= 0.6 is 0 Å². The monoisotopic (exact) mass is 434 g/mol. The first-order valence-corrected chi connectivity index (χ1v) is 11.2. The fourth-order valence-electron chi connectivity index (χ4n) is 4.46. The van der Waals surface area contributed by atoms with Gasteiger partial charge in [0.2, 0.25) is 0 Å². The number of methoxy groups -OCH3 is 1. The highest BCUT2D eigenvalue weighted by Crippen LogP contribution is 2.34. The molecule has 4 rings (SSSR count). The molecular weight excluding hydrogens is 404 g/mol. The van der Waals surface area contributed by atoms with Crippen molar-refractivity contribution in [1.29, 1.82) is 0 Å². The Kier molecular flexibility index (Phi) is 7.22. The van der Waals surface area contributed by atoms with E-state index in [0.717, 1.165) is 60.4 Å². The minimum Gasteiger partial charge on any atom is -0.497 e. The molecule has 0 unspecified atom stereocenters. The van der Waals surface area contributed by atoms with Crippen LogP contribution in [0.2, 0.25) is 0 Å². The molecule has 1 saturated carbocycles. The number of carboxylic acid groups (broad SMARTS) is 1. The molecule has 1 aliphatic rings. The Balaban J connectivity index is 1.46. The summed E-state index contributed by atoms with van der Waals surface area (Å²) in [6.45, 7) is 1.23. The van der Waals surface area contributed by atoms with Crippen LogP contribution in [0.1, 0.15) is 25.7 Å². The number of ether oxygens (including phenoxy) is 2. The number of hydrogen-bond donors (Lipinski definition) is 1. The summed E-state index contributed by atoms with van der Waals surface area (Å²) < 4.78 is 12.7. The van der Waals surface area contributed by atoms with Crippen LogP contribution in [0.3, 0.4) is 0 Å². The maximum Gasteiger partial charge on any atom is 0.329 e. The summed E-state index contributed by atoms with van der Waals surface area (Å²) in [5.74, 6) is 0.960. The SMILES string of the molecule is COc1ccc(-c2cn(C[C@H]3CC[C@H](COCC(=O)O)CC3)nc2-c2ccccc2)cc1.